The predicted octanol–water partition coefficient (Wildman–Crippen LogP) is 2.89. The Morgan fingerprint density at radius 3 is 3.06 bits per heavy atom. The van der Waals surface area contributed by atoms with E-state index in [1.54, 1.807) is 11.3 Å². The second kappa shape index (κ2) is 4.11. The van der Waals surface area contributed by atoms with Crippen molar-refractivity contribution in [3.63, 3.8) is 0 Å². The second-order valence-corrected chi connectivity index (χ2v) is 5.88. The zero-order valence-electron chi connectivity index (χ0n) is 9.72. The number of hydrogen-bond donors (Lipinski definition) is 0. The highest BCUT2D eigenvalue weighted by molar-refractivity contribution is 7.11. The van der Waals surface area contributed by atoms with Gasteiger partial charge in [-0.15, -0.1) is 11.3 Å². The zero-order valence-corrected chi connectivity index (χ0v) is 10.5. The van der Waals surface area contributed by atoms with Crippen molar-refractivity contribution in [3.05, 3.63) is 40.1 Å². The number of Topliss-reactive ketones (excluding diaryl/α,β-unsaturated/α-hetero) is 1. The van der Waals surface area contributed by atoms with Gasteiger partial charge in [0.2, 0.25) is 0 Å². The van der Waals surface area contributed by atoms with Crippen LogP contribution in [0.15, 0.2) is 24.7 Å². The smallest absolute Gasteiger partial charge is 0.167 e. The summed E-state index contributed by atoms with van der Waals surface area (Å²) in [6, 6.07) is 1.93. The van der Waals surface area contributed by atoms with E-state index in [0.29, 0.717) is 11.7 Å². The van der Waals surface area contributed by atoms with Gasteiger partial charge >= 0.3 is 0 Å². The number of rotatable bonds is 4. The van der Waals surface area contributed by atoms with Crippen LogP contribution in [0.1, 0.15) is 33.1 Å². The number of carbonyl (C=O) groups excluding carboxylic acids is 1. The molecule has 2 aromatic rings. The summed E-state index contributed by atoms with van der Waals surface area (Å²) in [6.45, 7) is 2.81. The summed E-state index contributed by atoms with van der Waals surface area (Å²) in [4.78, 5) is 17.3. The first-order valence-corrected chi connectivity index (χ1v) is 6.65. The van der Waals surface area contributed by atoms with Crippen LogP contribution in [0.5, 0.6) is 0 Å². The van der Waals surface area contributed by atoms with E-state index in [-0.39, 0.29) is 0 Å². The monoisotopic (exact) mass is 246 g/mol. The largest absolute Gasteiger partial charge is 0.348 e. The van der Waals surface area contributed by atoms with Gasteiger partial charge in [-0.1, -0.05) is 0 Å². The highest BCUT2D eigenvalue weighted by Crippen LogP contribution is 2.32. The fourth-order valence-corrected chi connectivity index (χ4v) is 2.73. The van der Waals surface area contributed by atoms with Crippen molar-refractivity contribution in [2.75, 3.05) is 0 Å². The SMILES string of the molecule is Cc1ncc(Cn2ccc(C(=O)C3CC3)c2)s1. The fraction of sp³-hybridized carbons (Fsp3) is 0.385. The average molecular weight is 246 g/mol. The Bertz CT molecular complexity index is 551. The maximum Gasteiger partial charge on any atom is 0.167 e. The Balaban J connectivity index is 1.73. The van der Waals surface area contributed by atoms with Crippen LogP contribution in [0.2, 0.25) is 0 Å². The minimum atomic E-state index is 0.302. The molecule has 1 saturated carbocycles. The van der Waals surface area contributed by atoms with Crippen LogP contribution in [-0.2, 0) is 6.54 Å². The van der Waals surface area contributed by atoms with Gasteiger partial charge in [0.1, 0.15) is 0 Å². The van der Waals surface area contributed by atoms with E-state index in [0.717, 1.165) is 30.0 Å². The van der Waals surface area contributed by atoms with Gasteiger partial charge in [-0.3, -0.25) is 4.79 Å². The van der Waals surface area contributed by atoms with E-state index in [1.165, 1.54) is 4.88 Å². The van der Waals surface area contributed by atoms with Crippen molar-refractivity contribution < 1.29 is 4.79 Å². The molecule has 0 amide bonds. The van der Waals surface area contributed by atoms with E-state index < -0.39 is 0 Å². The Kier molecular flexibility index (Phi) is 2.59. The quantitative estimate of drug-likeness (QED) is 0.777. The van der Waals surface area contributed by atoms with Gasteiger partial charge in [0.15, 0.2) is 5.78 Å². The average Bonchev–Trinajstić information content (AvgIpc) is 2.93. The molecule has 1 aliphatic carbocycles. The normalized spacial score (nSPS) is 15.1. The first-order chi connectivity index (χ1) is 8.22. The molecule has 0 N–H and O–H groups in total. The van der Waals surface area contributed by atoms with Gasteiger partial charge in [-0.2, -0.15) is 0 Å². The second-order valence-electron chi connectivity index (χ2n) is 4.56. The van der Waals surface area contributed by atoms with Gasteiger partial charge in [-0.05, 0) is 25.8 Å². The first kappa shape index (κ1) is 10.7. The minimum absolute atomic E-state index is 0.302. The molecule has 17 heavy (non-hydrogen) atoms. The lowest BCUT2D eigenvalue weighted by Crippen LogP contribution is -2.00. The third kappa shape index (κ3) is 2.31. The Morgan fingerprint density at radius 1 is 1.59 bits per heavy atom. The van der Waals surface area contributed by atoms with E-state index in [9.17, 15) is 4.79 Å². The van der Waals surface area contributed by atoms with Gasteiger partial charge < -0.3 is 4.57 Å². The standard InChI is InChI=1S/C13H14N2OS/c1-9-14-6-12(17-9)8-15-5-4-11(7-15)13(16)10-2-3-10/h4-7,10H,2-3,8H2,1H3. The molecule has 0 aromatic carbocycles. The van der Waals surface area contributed by atoms with Gasteiger partial charge in [0.25, 0.3) is 0 Å². The van der Waals surface area contributed by atoms with Crippen LogP contribution in [0.4, 0.5) is 0 Å². The molecule has 0 spiro atoms. The van der Waals surface area contributed by atoms with Crippen molar-refractivity contribution in [1.82, 2.24) is 9.55 Å². The molecule has 1 fully saturated rings. The first-order valence-electron chi connectivity index (χ1n) is 5.83. The summed E-state index contributed by atoms with van der Waals surface area (Å²) in [5.41, 5.74) is 0.855. The summed E-state index contributed by atoms with van der Waals surface area (Å²) in [7, 11) is 0. The Morgan fingerprint density at radius 2 is 2.41 bits per heavy atom. The molecule has 3 nitrogen and oxygen atoms in total. The number of aromatic nitrogens is 2. The summed E-state index contributed by atoms with van der Waals surface area (Å²) in [5, 5.41) is 1.08. The topological polar surface area (TPSA) is 34.9 Å². The number of thiazole rings is 1. The van der Waals surface area contributed by atoms with Gasteiger partial charge in [0.05, 0.1) is 11.6 Å². The number of ketones is 1. The molecule has 3 rings (SSSR count). The third-order valence-corrected chi connectivity index (χ3v) is 3.89. The molecule has 88 valence electrons. The lowest BCUT2D eigenvalue weighted by Gasteiger charge is -1.98. The summed E-state index contributed by atoms with van der Waals surface area (Å²) >= 11 is 1.70. The van der Waals surface area contributed by atoms with Crippen LogP contribution in [0, 0.1) is 12.8 Å². The molecule has 0 unspecified atom stereocenters. The van der Waals surface area contributed by atoms with E-state index in [1.807, 2.05) is 31.6 Å². The third-order valence-electron chi connectivity index (χ3n) is 2.99. The van der Waals surface area contributed by atoms with Gasteiger partial charge in [-0.25, -0.2) is 4.98 Å². The molecule has 2 heterocycles. The molecule has 0 radical (unpaired) electrons. The molecule has 4 heteroatoms. The number of hydrogen-bond acceptors (Lipinski definition) is 3. The molecular weight excluding hydrogens is 232 g/mol. The van der Waals surface area contributed by atoms with Crippen molar-refractivity contribution in [2.24, 2.45) is 5.92 Å². The maximum absolute atomic E-state index is 11.9. The molecule has 0 saturated heterocycles. The summed E-state index contributed by atoms with van der Waals surface area (Å²) in [5.74, 6) is 0.612. The highest BCUT2D eigenvalue weighted by atomic mass is 32.1. The molecule has 0 atom stereocenters. The molecule has 1 aliphatic rings. The maximum atomic E-state index is 11.9. The van der Waals surface area contributed by atoms with Crippen LogP contribution >= 0.6 is 11.3 Å². The molecule has 0 bridgehead atoms. The van der Waals surface area contributed by atoms with E-state index in [4.69, 9.17) is 0 Å². The minimum Gasteiger partial charge on any atom is -0.348 e. The fourth-order valence-electron chi connectivity index (χ4n) is 1.92. The van der Waals surface area contributed by atoms with Crippen molar-refractivity contribution in [2.45, 2.75) is 26.3 Å². The van der Waals surface area contributed by atoms with Gasteiger partial charge in [0, 0.05) is 34.9 Å². The summed E-state index contributed by atoms with van der Waals surface area (Å²) < 4.78 is 2.06. The molecule has 2 aromatic heterocycles. The van der Waals surface area contributed by atoms with Crippen LogP contribution in [-0.4, -0.2) is 15.3 Å². The number of aryl methyl sites for hydroxylation is 1. The highest BCUT2D eigenvalue weighted by Gasteiger charge is 2.30. The van der Waals surface area contributed by atoms with Crippen molar-refractivity contribution in [3.8, 4) is 0 Å². The lowest BCUT2D eigenvalue weighted by molar-refractivity contribution is 0.0967. The van der Waals surface area contributed by atoms with Crippen molar-refractivity contribution >= 4 is 17.1 Å². The summed E-state index contributed by atoms with van der Waals surface area (Å²) in [6.07, 6.45) is 7.97. The van der Waals surface area contributed by atoms with Crippen LogP contribution < -0.4 is 0 Å². The van der Waals surface area contributed by atoms with E-state index in [2.05, 4.69) is 9.55 Å². The molecule has 0 aliphatic heterocycles. The lowest BCUT2D eigenvalue weighted by atomic mass is 10.1. The van der Waals surface area contributed by atoms with Crippen molar-refractivity contribution in [1.29, 1.82) is 0 Å². The number of carbonyl (C=O) groups is 1. The van der Waals surface area contributed by atoms with Crippen LogP contribution in [0.3, 0.4) is 0 Å². The van der Waals surface area contributed by atoms with Crippen LogP contribution in [0.25, 0.3) is 0 Å². The van der Waals surface area contributed by atoms with E-state index >= 15 is 0 Å². The number of nitrogens with zero attached hydrogens (tertiary/aromatic N) is 2. The Labute approximate surface area is 104 Å². The Hall–Kier alpha value is -1.42. The zero-order chi connectivity index (χ0) is 11.8. The predicted molar refractivity (Wildman–Crippen MR) is 67.4 cm³/mol. The molecular formula is C13H14N2OS.